The van der Waals surface area contributed by atoms with Crippen molar-refractivity contribution in [3.05, 3.63) is 40.8 Å². The van der Waals surface area contributed by atoms with Crippen molar-refractivity contribution in [2.24, 2.45) is 12.0 Å². The lowest BCUT2D eigenvalue weighted by molar-refractivity contribution is -0.137. The Hall–Kier alpha value is -2.78. The van der Waals surface area contributed by atoms with Gasteiger partial charge in [-0.3, -0.25) is 9.67 Å². The van der Waals surface area contributed by atoms with Crippen LogP contribution in [0, 0.1) is 13.8 Å². The first-order valence-electron chi connectivity index (χ1n) is 9.85. The van der Waals surface area contributed by atoms with Crippen LogP contribution in [0.5, 0.6) is 0 Å². The molecule has 2 heterocycles. The normalized spacial score (nSPS) is 13.3. The number of hydrogen-bond acceptors (Lipinski definition) is 4. The molecule has 166 valence electrons. The lowest BCUT2D eigenvalue weighted by Gasteiger charge is -2.18. The first-order chi connectivity index (χ1) is 14.1. The third-order valence-corrected chi connectivity index (χ3v) is 4.82. The van der Waals surface area contributed by atoms with Crippen molar-refractivity contribution in [2.45, 2.75) is 45.8 Å². The summed E-state index contributed by atoms with van der Waals surface area (Å²) in [4.78, 5) is 8.04. The van der Waals surface area contributed by atoms with E-state index in [-0.39, 0.29) is 6.04 Å². The summed E-state index contributed by atoms with van der Waals surface area (Å²) in [5.74, 6) is 1.12. The largest absolute Gasteiger partial charge is 0.417 e. The van der Waals surface area contributed by atoms with E-state index in [0.29, 0.717) is 24.9 Å². The molecule has 1 unspecified atom stereocenters. The van der Waals surface area contributed by atoms with Crippen LogP contribution in [0.4, 0.5) is 19.0 Å². The second-order valence-electron chi connectivity index (χ2n) is 7.23. The molecular formula is C20H30F3N7. The molecule has 0 bridgehead atoms. The Morgan fingerprint density at radius 3 is 2.50 bits per heavy atom. The summed E-state index contributed by atoms with van der Waals surface area (Å²) in [5, 5.41) is 14.1. The molecule has 1 atom stereocenters. The second-order valence-corrected chi connectivity index (χ2v) is 7.23. The highest BCUT2D eigenvalue weighted by atomic mass is 19.4. The fourth-order valence-electron chi connectivity index (χ4n) is 3.08. The van der Waals surface area contributed by atoms with Gasteiger partial charge in [0, 0.05) is 45.1 Å². The fraction of sp³-hybridized carbons (Fsp3) is 0.550. The molecule has 0 spiro atoms. The quantitative estimate of drug-likeness (QED) is 0.344. The number of nitrogens with one attached hydrogen (secondary N) is 3. The monoisotopic (exact) mass is 425 g/mol. The minimum atomic E-state index is -4.37. The SMILES string of the molecule is CN=C(NCCCNc1ccc(C(F)(F)F)cn1)NC(C)Cc1c(C)nn(C)c1C. The molecule has 0 saturated carbocycles. The maximum atomic E-state index is 12.5. The van der Waals surface area contributed by atoms with Crippen LogP contribution in [0.2, 0.25) is 0 Å². The smallest absolute Gasteiger partial charge is 0.370 e. The van der Waals surface area contributed by atoms with E-state index in [0.717, 1.165) is 36.5 Å². The molecule has 2 aromatic rings. The van der Waals surface area contributed by atoms with Crippen LogP contribution < -0.4 is 16.0 Å². The summed E-state index contributed by atoms with van der Waals surface area (Å²) in [6, 6.07) is 2.53. The molecule has 7 nitrogen and oxygen atoms in total. The Kier molecular flexibility index (Phi) is 8.08. The first kappa shape index (κ1) is 23.5. The lowest BCUT2D eigenvalue weighted by atomic mass is 10.1. The summed E-state index contributed by atoms with van der Waals surface area (Å²) < 4.78 is 39.5. The number of rotatable bonds is 8. The van der Waals surface area contributed by atoms with E-state index in [1.165, 1.54) is 11.6 Å². The zero-order chi connectivity index (χ0) is 22.3. The minimum Gasteiger partial charge on any atom is -0.370 e. The second kappa shape index (κ2) is 10.3. The predicted octanol–water partition coefficient (Wildman–Crippen LogP) is 3.05. The molecule has 0 radical (unpaired) electrons. The highest BCUT2D eigenvalue weighted by Crippen LogP contribution is 2.28. The maximum absolute atomic E-state index is 12.5. The molecule has 0 amide bonds. The topological polar surface area (TPSA) is 79.2 Å². The van der Waals surface area contributed by atoms with Crippen LogP contribution in [-0.2, 0) is 19.6 Å². The van der Waals surface area contributed by atoms with Gasteiger partial charge in [-0.15, -0.1) is 0 Å². The highest BCUT2D eigenvalue weighted by Gasteiger charge is 2.30. The number of aryl methyl sites for hydroxylation is 2. The van der Waals surface area contributed by atoms with Gasteiger partial charge in [0.15, 0.2) is 5.96 Å². The number of guanidine groups is 1. The molecule has 0 aliphatic heterocycles. The highest BCUT2D eigenvalue weighted by molar-refractivity contribution is 5.79. The molecule has 2 aromatic heterocycles. The molecule has 10 heteroatoms. The molecule has 0 aliphatic carbocycles. The van der Waals surface area contributed by atoms with Crippen molar-refractivity contribution in [3.63, 3.8) is 0 Å². The Bertz CT molecular complexity index is 841. The van der Waals surface area contributed by atoms with Gasteiger partial charge in [-0.1, -0.05) is 0 Å². The number of aromatic nitrogens is 3. The summed E-state index contributed by atoms with van der Waals surface area (Å²) in [6.07, 6.45) is -1.95. The summed E-state index contributed by atoms with van der Waals surface area (Å²) in [6.45, 7) is 7.40. The molecule has 3 N–H and O–H groups in total. The van der Waals surface area contributed by atoms with Crippen molar-refractivity contribution in [1.82, 2.24) is 25.4 Å². The third kappa shape index (κ3) is 6.64. The Balaban J connectivity index is 1.71. The number of alkyl halides is 3. The van der Waals surface area contributed by atoms with Crippen LogP contribution in [0.15, 0.2) is 23.3 Å². The standard InChI is InChI=1S/C20H30F3N7/c1-13(11-17-14(2)29-30(5)15(17)3)28-19(24-4)26-10-6-9-25-18-8-7-16(12-27-18)20(21,22)23/h7-8,12-13H,6,9-11H2,1-5H3,(H,25,27)(H2,24,26,28). The summed E-state index contributed by atoms with van der Waals surface area (Å²) in [5.41, 5.74) is 2.68. The molecule has 2 rings (SSSR count). The Morgan fingerprint density at radius 1 is 1.23 bits per heavy atom. The number of aliphatic imine (C=N–C) groups is 1. The third-order valence-electron chi connectivity index (χ3n) is 4.82. The van der Waals surface area contributed by atoms with Gasteiger partial charge in [0.1, 0.15) is 5.82 Å². The van der Waals surface area contributed by atoms with Crippen molar-refractivity contribution in [2.75, 3.05) is 25.5 Å². The van der Waals surface area contributed by atoms with Crippen LogP contribution in [-0.4, -0.2) is 46.9 Å². The summed E-state index contributed by atoms with van der Waals surface area (Å²) in [7, 11) is 3.66. The van der Waals surface area contributed by atoms with Crippen LogP contribution >= 0.6 is 0 Å². The predicted molar refractivity (Wildman–Crippen MR) is 113 cm³/mol. The molecule has 0 fully saturated rings. The van der Waals surface area contributed by atoms with Crippen molar-refractivity contribution in [3.8, 4) is 0 Å². The van der Waals surface area contributed by atoms with Gasteiger partial charge in [-0.25, -0.2) is 4.98 Å². The van der Waals surface area contributed by atoms with E-state index < -0.39 is 11.7 Å². The van der Waals surface area contributed by atoms with Gasteiger partial charge >= 0.3 is 6.18 Å². The van der Waals surface area contributed by atoms with E-state index in [1.54, 1.807) is 7.05 Å². The lowest BCUT2D eigenvalue weighted by Crippen LogP contribution is -2.43. The molecule has 0 aromatic carbocycles. The first-order valence-corrected chi connectivity index (χ1v) is 9.85. The van der Waals surface area contributed by atoms with E-state index in [9.17, 15) is 13.2 Å². The fourth-order valence-corrected chi connectivity index (χ4v) is 3.08. The van der Waals surface area contributed by atoms with E-state index in [1.807, 2.05) is 18.7 Å². The molecule has 0 aliphatic rings. The molecule has 30 heavy (non-hydrogen) atoms. The summed E-state index contributed by atoms with van der Waals surface area (Å²) >= 11 is 0. The molecule has 0 saturated heterocycles. The number of pyridine rings is 1. The zero-order valence-electron chi connectivity index (χ0n) is 18.1. The van der Waals surface area contributed by atoms with E-state index >= 15 is 0 Å². The van der Waals surface area contributed by atoms with Crippen molar-refractivity contribution >= 4 is 11.8 Å². The van der Waals surface area contributed by atoms with Crippen LogP contribution in [0.3, 0.4) is 0 Å². The average molecular weight is 426 g/mol. The van der Waals surface area contributed by atoms with Gasteiger partial charge in [-0.05, 0) is 51.3 Å². The van der Waals surface area contributed by atoms with Gasteiger partial charge < -0.3 is 16.0 Å². The van der Waals surface area contributed by atoms with Crippen molar-refractivity contribution < 1.29 is 13.2 Å². The van der Waals surface area contributed by atoms with Crippen LogP contribution in [0.25, 0.3) is 0 Å². The van der Waals surface area contributed by atoms with Gasteiger partial charge in [0.25, 0.3) is 0 Å². The number of anilines is 1. The number of hydrogen-bond donors (Lipinski definition) is 3. The van der Waals surface area contributed by atoms with E-state index in [4.69, 9.17) is 0 Å². The minimum absolute atomic E-state index is 0.173. The zero-order valence-corrected chi connectivity index (χ0v) is 18.1. The van der Waals surface area contributed by atoms with E-state index in [2.05, 4.69) is 44.9 Å². The number of nitrogens with zero attached hydrogens (tertiary/aromatic N) is 4. The average Bonchev–Trinajstić information content (AvgIpc) is 2.92. The van der Waals surface area contributed by atoms with Crippen molar-refractivity contribution in [1.29, 1.82) is 0 Å². The van der Waals surface area contributed by atoms with Crippen LogP contribution in [0.1, 0.15) is 35.9 Å². The van der Waals surface area contributed by atoms with Gasteiger partial charge in [0.2, 0.25) is 0 Å². The Labute approximate surface area is 175 Å². The maximum Gasteiger partial charge on any atom is 0.417 e. The van der Waals surface area contributed by atoms with Gasteiger partial charge in [-0.2, -0.15) is 18.3 Å². The Morgan fingerprint density at radius 2 is 1.97 bits per heavy atom. The van der Waals surface area contributed by atoms with Gasteiger partial charge in [0.05, 0.1) is 11.3 Å². The number of halogens is 3. The molecular weight excluding hydrogens is 395 g/mol.